The third-order valence-electron chi connectivity index (χ3n) is 7.80. The van der Waals surface area contributed by atoms with Crippen molar-refractivity contribution >= 4 is 17.1 Å². The molecule has 212 valence electrons. The Morgan fingerprint density at radius 3 is 2.23 bits per heavy atom. The quantitative estimate of drug-likeness (QED) is 0.292. The van der Waals surface area contributed by atoms with Crippen LogP contribution in [0.5, 0.6) is 17.2 Å². The zero-order chi connectivity index (χ0) is 29.0. The van der Waals surface area contributed by atoms with Gasteiger partial charge in [-0.25, -0.2) is 0 Å². The lowest BCUT2D eigenvalue weighted by Gasteiger charge is -2.46. The summed E-state index contributed by atoms with van der Waals surface area (Å²) in [5, 5.41) is 53.5. The summed E-state index contributed by atoms with van der Waals surface area (Å²) in [6.45, 7) is 1.17. The lowest BCUT2D eigenvalue weighted by Crippen LogP contribution is -3.12. The SMILES string of the molecule is CO[C@H]1C=C[C@]23c4cc5c(cc4CO[C@@]2(O)C[NH+](C)[C@@H]3C1)OCO5.O=[N+]([O-])c1cc([N+](=O)[O-])c([O-])c([N+](=O)[O-])c1. The van der Waals surface area contributed by atoms with Crippen molar-refractivity contribution in [1.29, 1.82) is 0 Å². The highest BCUT2D eigenvalue weighted by Crippen LogP contribution is 2.53. The number of fused-ring (bicyclic) bond motifs is 2. The monoisotopic (exact) mass is 560 g/mol. The Morgan fingerprint density at radius 1 is 1.02 bits per heavy atom. The van der Waals surface area contributed by atoms with Crippen molar-refractivity contribution in [3.63, 3.8) is 0 Å². The molecule has 0 bridgehead atoms. The fourth-order valence-corrected chi connectivity index (χ4v) is 5.99. The molecule has 0 radical (unpaired) electrons. The molecule has 0 amide bonds. The predicted octanol–water partition coefficient (Wildman–Crippen LogP) is 0.229. The number of rotatable bonds is 4. The van der Waals surface area contributed by atoms with E-state index in [9.17, 15) is 40.6 Å². The Balaban J connectivity index is 0.000000177. The average molecular weight is 560 g/mol. The number of hydrogen-bond donors (Lipinski definition) is 2. The largest absolute Gasteiger partial charge is 0.863 e. The summed E-state index contributed by atoms with van der Waals surface area (Å²) in [7, 11) is 3.84. The maximum atomic E-state index is 11.4. The first kappa shape index (κ1) is 27.2. The minimum absolute atomic E-state index is 0.0670. The fraction of sp³-hybridized carbons (Fsp3) is 0.417. The summed E-state index contributed by atoms with van der Waals surface area (Å²) in [4.78, 5) is 28.8. The third kappa shape index (κ3) is 4.08. The number of non-ortho nitro benzene ring substituents is 1. The number of likely N-dealkylation sites (N-methyl/N-ethyl adjacent to an activating group) is 1. The molecule has 16 nitrogen and oxygen atoms in total. The van der Waals surface area contributed by atoms with E-state index in [4.69, 9.17) is 18.9 Å². The molecule has 0 aromatic heterocycles. The molecule has 6 rings (SSSR count). The van der Waals surface area contributed by atoms with E-state index in [-0.39, 0.29) is 18.9 Å². The summed E-state index contributed by atoms with van der Waals surface area (Å²) in [5.41, 5.74) is -1.70. The Bertz CT molecular complexity index is 1410. The number of nitro benzene ring substituents is 3. The molecule has 2 aromatic carbocycles. The van der Waals surface area contributed by atoms with Gasteiger partial charge in [-0.15, -0.1) is 0 Å². The molecule has 1 fully saturated rings. The van der Waals surface area contributed by atoms with Gasteiger partial charge in [0.2, 0.25) is 12.6 Å². The van der Waals surface area contributed by atoms with Gasteiger partial charge in [0, 0.05) is 13.5 Å². The van der Waals surface area contributed by atoms with E-state index in [1.807, 2.05) is 12.1 Å². The Hall–Kier alpha value is -4.38. The summed E-state index contributed by atoms with van der Waals surface area (Å²) < 4.78 is 22.7. The van der Waals surface area contributed by atoms with E-state index in [1.165, 1.54) is 4.90 Å². The molecule has 16 heteroatoms. The van der Waals surface area contributed by atoms with Crippen LogP contribution in [-0.2, 0) is 21.5 Å². The summed E-state index contributed by atoms with van der Waals surface area (Å²) in [5.74, 6) is -1.17. The van der Waals surface area contributed by atoms with Crippen LogP contribution >= 0.6 is 0 Å². The number of ether oxygens (including phenoxy) is 4. The van der Waals surface area contributed by atoms with Gasteiger partial charge in [-0.1, -0.05) is 12.2 Å². The molecule has 40 heavy (non-hydrogen) atoms. The van der Waals surface area contributed by atoms with Gasteiger partial charge in [0.05, 0.1) is 52.4 Å². The van der Waals surface area contributed by atoms with Crippen LogP contribution in [0.2, 0.25) is 0 Å². The predicted molar refractivity (Wildman–Crippen MR) is 130 cm³/mol. The number of methoxy groups -OCH3 is 1. The smallest absolute Gasteiger partial charge is 0.283 e. The van der Waals surface area contributed by atoms with Crippen LogP contribution in [-0.4, -0.2) is 65.3 Å². The molecule has 2 N–H and O–H groups in total. The second kappa shape index (κ2) is 9.67. The number of hydrogen-bond acceptors (Lipinski definition) is 12. The molecule has 4 aliphatic rings. The van der Waals surface area contributed by atoms with E-state index in [2.05, 4.69) is 19.2 Å². The molecule has 1 unspecified atom stereocenters. The zero-order valence-corrected chi connectivity index (χ0v) is 21.2. The number of quaternary nitrogens is 1. The number of likely N-dealkylation sites (tertiary alicyclic amines) is 1. The number of nitro groups is 3. The first-order chi connectivity index (χ1) is 18.9. The van der Waals surface area contributed by atoms with Gasteiger partial charge in [-0.05, 0) is 23.3 Å². The molecule has 0 saturated carbocycles. The molecule has 1 aliphatic carbocycles. The van der Waals surface area contributed by atoms with Crippen molar-refractivity contribution < 1.29 is 48.8 Å². The second-order valence-corrected chi connectivity index (χ2v) is 9.83. The first-order valence-corrected chi connectivity index (χ1v) is 12.0. The van der Waals surface area contributed by atoms with Crippen LogP contribution in [0.15, 0.2) is 36.4 Å². The number of nitrogens with zero attached hydrogens (tertiary/aromatic N) is 3. The molecule has 2 aromatic rings. The molecular weight excluding hydrogens is 536 g/mol. The maximum Gasteiger partial charge on any atom is 0.283 e. The first-order valence-electron chi connectivity index (χ1n) is 12.0. The van der Waals surface area contributed by atoms with Gasteiger partial charge in [-0.2, -0.15) is 0 Å². The van der Waals surface area contributed by atoms with Crippen LogP contribution in [0, 0.1) is 30.3 Å². The van der Waals surface area contributed by atoms with Crippen molar-refractivity contribution in [3.05, 3.63) is 77.9 Å². The van der Waals surface area contributed by atoms with Gasteiger partial charge >= 0.3 is 0 Å². The average Bonchev–Trinajstić information content (AvgIpc) is 3.46. The Labute approximate surface area is 225 Å². The minimum atomic E-state index is -1.46. The Morgan fingerprint density at radius 2 is 1.65 bits per heavy atom. The maximum absolute atomic E-state index is 11.4. The summed E-state index contributed by atoms with van der Waals surface area (Å²) in [6.07, 6.45) is 5.07. The molecule has 3 aliphatic heterocycles. The van der Waals surface area contributed by atoms with Gasteiger partial charge in [0.15, 0.2) is 11.5 Å². The van der Waals surface area contributed by atoms with Crippen molar-refractivity contribution in [2.75, 3.05) is 27.5 Å². The second-order valence-electron chi connectivity index (χ2n) is 9.83. The highest BCUT2D eigenvalue weighted by Gasteiger charge is 2.69. The van der Waals surface area contributed by atoms with E-state index < -0.39 is 48.8 Å². The number of benzene rings is 2. The van der Waals surface area contributed by atoms with Crippen molar-refractivity contribution in [2.45, 2.75) is 36.4 Å². The van der Waals surface area contributed by atoms with Gasteiger partial charge < -0.3 is 34.1 Å². The van der Waals surface area contributed by atoms with Crippen molar-refractivity contribution in [3.8, 4) is 17.2 Å². The summed E-state index contributed by atoms with van der Waals surface area (Å²) in [6, 6.07) is 4.98. The highest BCUT2D eigenvalue weighted by atomic mass is 16.7. The topological polar surface area (TPSA) is 214 Å². The van der Waals surface area contributed by atoms with E-state index in [0.717, 1.165) is 29.0 Å². The normalized spacial score (nSPS) is 28.9. The van der Waals surface area contributed by atoms with Gasteiger partial charge in [0.25, 0.3) is 17.1 Å². The minimum Gasteiger partial charge on any atom is -0.863 e. The summed E-state index contributed by atoms with van der Waals surface area (Å²) >= 11 is 0. The van der Waals surface area contributed by atoms with E-state index in [0.29, 0.717) is 25.3 Å². The fourth-order valence-electron chi connectivity index (χ4n) is 5.99. The number of aliphatic hydroxyl groups is 1. The van der Waals surface area contributed by atoms with Crippen molar-refractivity contribution in [1.82, 2.24) is 0 Å². The molecule has 1 spiro atoms. The highest BCUT2D eigenvalue weighted by molar-refractivity contribution is 5.64. The van der Waals surface area contributed by atoms with Crippen molar-refractivity contribution in [2.24, 2.45) is 0 Å². The molecule has 3 heterocycles. The van der Waals surface area contributed by atoms with Crippen LogP contribution in [0.25, 0.3) is 0 Å². The van der Waals surface area contributed by atoms with E-state index >= 15 is 0 Å². The molecule has 1 saturated heterocycles. The molecular formula is C24H24N4O12. The molecule has 5 atom stereocenters. The number of nitrogens with one attached hydrogen (secondary N) is 1. The van der Waals surface area contributed by atoms with Gasteiger partial charge in [-0.3, -0.25) is 30.3 Å². The van der Waals surface area contributed by atoms with Crippen LogP contribution < -0.4 is 19.5 Å². The van der Waals surface area contributed by atoms with Crippen LogP contribution in [0.3, 0.4) is 0 Å². The van der Waals surface area contributed by atoms with E-state index in [1.54, 1.807) is 7.11 Å². The lowest BCUT2D eigenvalue weighted by atomic mass is 9.64. The standard InChI is InChI=1S/C18H21NO5.C6H3N3O7/c1-19-9-18(20)17(4-3-12(21-2)6-16(17)19)13-7-15-14(22-10-23-15)5-11(13)8-24-18;10-6-4(8(13)14)1-3(7(11)12)2-5(6)9(15)16/h3-5,7,12,16,20H,6,8-10H2,1-2H3;1-2,10H/t12-,16+,17+,18-;/m0./s1. The van der Waals surface area contributed by atoms with Crippen LogP contribution in [0.1, 0.15) is 17.5 Å². The Kier molecular flexibility index (Phi) is 6.57. The zero-order valence-electron chi connectivity index (χ0n) is 21.2. The van der Waals surface area contributed by atoms with Gasteiger partial charge in [0.1, 0.15) is 18.0 Å². The van der Waals surface area contributed by atoms with Crippen LogP contribution in [0.4, 0.5) is 17.1 Å². The lowest BCUT2D eigenvalue weighted by molar-refractivity contribution is -0.899. The third-order valence-corrected chi connectivity index (χ3v) is 7.80.